The van der Waals surface area contributed by atoms with Crippen molar-refractivity contribution in [2.45, 2.75) is 101 Å². The summed E-state index contributed by atoms with van der Waals surface area (Å²) in [5, 5.41) is 6.74. The molecular formula is C71H63NO4. The summed E-state index contributed by atoms with van der Waals surface area (Å²) >= 11 is 0. The monoisotopic (exact) mass is 993 g/mol. The van der Waals surface area contributed by atoms with Crippen molar-refractivity contribution in [3.8, 4) is 11.1 Å². The van der Waals surface area contributed by atoms with Crippen molar-refractivity contribution >= 4 is 45.4 Å². The summed E-state index contributed by atoms with van der Waals surface area (Å²) in [5.41, 5.74) is 19.3. The lowest BCUT2D eigenvalue weighted by atomic mass is 9.69. The number of furan rings is 2. The third-order valence-electron chi connectivity index (χ3n) is 18.8. The fourth-order valence-electron chi connectivity index (χ4n) is 14.9. The number of hydrogen-bond acceptors (Lipinski definition) is 5. The van der Waals surface area contributed by atoms with Crippen LogP contribution in [0, 0.1) is 29.6 Å². The van der Waals surface area contributed by atoms with Crippen LogP contribution in [0.2, 0.25) is 0 Å². The number of benzene rings is 3. The van der Waals surface area contributed by atoms with Gasteiger partial charge in [-0.2, -0.15) is 0 Å². The van der Waals surface area contributed by atoms with Crippen LogP contribution < -0.4 is 5.32 Å². The molecule has 9 atom stereocenters. The number of nitrogens with one attached hydrogen (secondary N) is 1. The molecule has 3 aliphatic heterocycles. The van der Waals surface area contributed by atoms with Crippen LogP contribution in [0.25, 0.3) is 56.5 Å². The average molecular weight is 994 g/mol. The van der Waals surface area contributed by atoms with Crippen LogP contribution in [0.1, 0.15) is 109 Å². The van der Waals surface area contributed by atoms with Crippen molar-refractivity contribution in [2.75, 3.05) is 0 Å². The van der Waals surface area contributed by atoms with Crippen LogP contribution in [0.4, 0.5) is 0 Å². The Bertz CT molecular complexity index is 3760. The smallest absolute Gasteiger partial charge is 0.135 e. The number of aryl methyl sites for hydroxylation is 2. The van der Waals surface area contributed by atoms with Crippen LogP contribution in [0.3, 0.4) is 0 Å². The van der Waals surface area contributed by atoms with E-state index in [1.165, 1.54) is 77.7 Å². The second kappa shape index (κ2) is 18.1. The van der Waals surface area contributed by atoms with Gasteiger partial charge in [-0.15, -0.1) is 0 Å². The molecule has 2 aromatic heterocycles. The van der Waals surface area contributed by atoms with Crippen LogP contribution in [-0.2, 0) is 22.3 Å². The first kappa shape index (κ1) is 44.8. The van der Waals surface area contributed by atoms with Crippen molar-refractivity contribution in [2.24, 2.45) is 29.6 Å². The van der Waals surface area contributed by atoms with E-state index in [9.17, 15) is 0 Å². The molecule has 0 radical (unpaired) electrons. The molecule has 0 bridgehead atoms. The lowest BCUT2D eigenvalue weighted by Crippen LogP contribution is -2.40. The molecule has 0 saturated carbocycles. The van der Waals surface area contributed by atoms with Crippen molar-refractivity contribution in [3.05, 3.63) is 237 Å². The van der Waals surface area contributed by atoms with Gasteiger partial charge in [0.05, 0.1) is 0 Å². The highest BCUT2D eigenvalue weighted by Crippen LogP contribution is 2.50. The number of ether oxygens (including phenoxy) is 2. The highest BCUT2D eigenvalue weighted by Gasteiger charge is 2.40. The Morgan fingerprint density at radius 3 is 2.17 bits per heavy atom. The Morgan fingerprint density at radius 1 is 0.539 bits per heavy atom. The molecule has 16 rings (SSSR count). The van der Waals surface area contributed by atoms with E-state index in [0.29, 0.717) is 17.8 Å². The number of rotatable bonds is 7. The second-order valence-corrected chi connectivity index (χ2v) is 23.3. The highest BCUT2D eigenvalue weighted by molar-refractivity contribution is 5.92. The first-order chi connectivity index (χ1) is 37.6. The Balaban J connectivity index is 0.830. The quantitative estimate of drug-likeness (QED) is 0.165. The molecule has 11 aliphatic rings. The Hall–Kier alpha value is -7.50. The van der Waals surface area contributed by atoms with Crippen LogP contribution >= 0.6 is 0 Å². The minimum atomic E-state index is 0.0525. The summed E-state index contributed by atoms with van der Waals surface area (Å²) in [6.07, 6.45) is 59.8. The molecule has 0 saturated heterocycles. The van der Waals surface area contributed by atoms with Gasteiger partial charge < -0.3 is 23.6 Å². The zero-order chi connectivity index (χ0) is 49.8. The van der Waals surface area contributed by atoms with Crippen molar-refractivity contribution in [1.29, 1.82) is 0 Å². The van der Waals surface area contributed by atoms with Gasteiger partial charge in [-0.25, -0.2) is 0 Å². The maximum absolute atomic E-state index is 6.56. The van der Waals surface area contributed by atoms with E-state index in [2.05, 4.69) is 181 Å². The maximum Gasteiger partial charge on any atom is 0.135 e. The average Bonchev–Trinajstić information content (AvgIpc) is 4.27. The normalized spacial score (nSPS) is 29.4. The third kappa shape index (κ3) is 7.70. The van der Waals surface area contributed by atoms with E-state index in [4.69, 9.17) is 18.3 Å². The number of allylic oxidation sites excluding steroid dienone is 16. The molecule has 0 fully saturated rings. The first-order valence-corrected chi connectivity index (χ1v) is 28.6. The number of fused-ring (bicyclic) bond motifs is 10. The molecular weight excluding hydrogens is 931 g/mol. The fraction of sp³-hybridized carbons (Fsp3) is 0.296. The standard InChI is InChI=1S/C71H63NO4/c1-2-12-42(13-3-1)62-40-52(51-32-47(43-22-26-68-58(36-43)54-14-4-8-18-64(54)73-68)30-48(33-51)44-23-27-69-59(37-44)55-15-5-9-19-65(55)74-69)41-63(72-62)53-34-49(45-24-28-70-60(38-45)56-16-6-10-20-66(56)75-70)31-50(35-53)46-25-29-71-61(39-46)57-17-7-11-21-67(57)76-71/h1-4,9-12,14,19-29,31-32,34-39,41-42,47-48,52,59-60,62,69-70,72H,5-8,13,15-18,30,33,40H2. The van der Waals surface area contributed by atoms with Gasteiger partial charge >= 0.3 is 0 Å². The van der Waals surface area contributed by atoms with Gasteiger partial charge in [0.15, 0.2) is 0 Å². The largest absolute Gasteiger partial charge is 0.485 e. The van der Waals surface area contributed by atoms with Crippen molar-refractivity contribution < 1.29 is 18.3 Å². The summed E-state index contributed by atoms with van der Waals surface area (Å²) in [6, 6.07) is 21.6. The lowest BCUT2D eigenvalue weighted by Gasteiger charge is -2.39. The Kier molecular flexibility index (Phi) is 10.6. The fourth-order valence-corrected chi connectivity index (χ4v) is 14.9. The molecule has 0 amide bonds. The zero-order valence-electron chi connectivity index (χ0n) is 43.1. The van der Waals surface area contributed by atoms with Crippen molar-refractivity contribution in [1.82, 2.24) is 5.32 Å². The Morgan fingerprint density at radius 2 is 1.30 bits per heavy atom. The maximum atomic E-state index is 6.56. The second-order valence-electron chi connectivity index (χ2n) is 23.3. The summed E-state index contributed by atoms with van der Waals surface area (Å²) in [7, 11) is 0. The molecule has 5 nitrogen and oxygen atoms in total. The van der Waals surface area contributed by atoms with Crippen LogP contribution in [-0.4, -0.2) is 18.2 Å². The van der Waals surface area contributed by atoms with E-state index in [0.717, 1.165) is 111 Å². The zero-order valence-corrected chi connectivity index (χ0v) is 43.1. The molecule has 3 aromatic carbocycles. The van der Waals surface area contributed by atoms with Crippen molar-refractivity contribution in [3.63, 3.8) is 0 Å². The molecule has 1 N–H and O–H groups in total. The molecule has 76 heavy (non-hydrogen) atoms. The van der Waals surface area contributed by atoms with Crippen LogP contribution in [0.15, 0.2) is 207 Å². The topological polar surface area (TPSA) is 56.8 Å². The first-order valence-electron chi connectivity index (χ1n) is 28.6. The lowest BCUT2D eigenvalue weighted by molar-refractivity contribution is 0.172. The van der Waals surface area contributed by atoms with Gasteiger partial charge in [0.1, 0.15) is 46.4 Å². The van der Waals surface area contributed by atoms with E-state index in [1.54, 1.807) is 5.57 Å². The summed E-state index contributed by atoms with van der Waals surface area (Å²) in [5.74, 6) is 6.13. The van der Waals surface area contributed by atoms with E-state index >= 15 is 0 Å². The number of hydrogen-bond donors (Lipinski definition) is 1. The van der Waals surface area contributed by atoms with Gasteiger partial charge in [0.25, 0.3) is 0 Å². The molecule has 0 spiro atoms. The molecule has 8 aliphatic carbocycles. The van der Waals surface area contributed by atoms with E-state index < -0.39 is 0 Å². The SMILES string of the molecule is C1=CCC(C2CC(C3=CC(c4ccc5oc6c(c5c4)C=CCC6)CC(C4=CC5C6=C(C=CCC6)OC5C=C4)C3)C=C(c3cc(C4=CC5C6=C(C=CCC6)OC5C=C4)cc(-c4ccc5oc6c(c5c4)CCC=C6)c3)N2)C=C1. The van der Waals surface area contributed by atoms with Gasteiger partial charge in [-0.3, -0.25) is 0 Å². The molecule has 5 heteroatoms. The predicted molar refractivity (Wildman–Crippen MR) is 307 cm³/mol. The summed E-state index contributed by atoms with van der Waals surface area (Å²) in [4.78, 5) is 0. The highest BCUT2D eigenvalue weighted by atomic mass is 16.5. The van der Waals surface area contributed by atoms with Gasteiger partial charge in [-0.05, 0) is 200 Å². The van der Waals surface area contributed by atoms with Gasteiger partial charge in [-0.1, -0.05) is 109 Å². The predicted octanol–water partition coefficient (Wildman–Crippen LogP) is 17.0. The van der Waals surface area contributed by atoms with Gasteiger partial charge in [0, 0.05) is 69.6 Å². The Labute approximate surface area is 445 Å². The van der Waals surface area contributed by atoms with Gasteiger partial charge in [0.2, 0.25) is 0 Å². The van der Waals surface area contributed by atoms with E-state index in [-0.39, 0.29) is 36.0 Å². The molecule has 9 unspecified atom stereocenters. The van der Waals surface area contributed by atoms with Crippen LogP contribution in [0.5, 0.6) is 0 Å². The molecule has 5 aromatic rings. The summed E-state index contributed by atoms with van der Waals surface area (Å²) in [6.45, 7) is 0. The minimum absolute atomic E-state index is 0.0525. The third-order valence-corrected chi connectivity index (χ3v) is 18.8. The summed E-state index contributed by atoms with van der Waals surface area (Å²) < 4.78 is 26.0. The van der Waals surface area contributed by atoms with E-state index in [1.807, 2.05) is 0 Å². The minimum Gasteiger partial charge on any atom is -0.485 e. The molecule has 376 valence electrons. The molecule has 5 heterocycles.